The van der Waals surface area contributed by atoms with Crippen molar-refractivity contribution in [1.29, 1.82) is 0 Å². The molecule has 5 heteroatoms. The van der Waals surface area contributed by atoms with Crippen molar-refractivity contribution in [2.75, 3.05) is 33.4 Å². The molecule has 1 aromatic carbocycles. The van der Waals surface area contributed by atoms with E-state index in [9.17, 15) is 9.59 Å². The van der Waals surface area contributed by atoms with Gasteiger partial charge < -0.3 is 14.5 Å². The van der Waals surface area contributed by atoms with Crippen LogP contribution in [-0.2, 0) is 20.7 Å². The number of piperidine rings is 2. The highest BCUT2D eigenvalue weighted by Gasteiger charge is 2.39. The summed E-state index contributed by atoms with van der Waals surface area (Å²) in [6.45, 7) is 4.77. The summed E-state index contributed by atoms with van der Waals surface area (Å²) in [4.78, 5) is 29.2. The highest BCUT2D eigenvalue weighted by molar-refractivity contribution is 5.84. The molecule has 0 radical (unpaired) electrons. The van der Waals surface area contributed by atoms with Crippen molar-refractivity contribution in [2.45, 2.75) is 45.1 Å². The molecule has 2 aliphatic rings. The predicted octanol–water partition coefficient (Wildman–Crippen LogP) is 2.74. The molecule has 148 valence electrons. The number of hydrogen-bond acceptors (Lipinski definition) is 3. The second-order valence-corrected chi connectivity index (χ2v) is 7.92. The molecule has 1 aromatic rings. The van der Waals surface area contributed by atoms with Gasteiger partial charge in [-0.05, 0) is 44.1 Å². The van der Waals surface area contributed by atoms with E-state index in [1.54, 1.807) is 7.11 Å². The molecule has 2 aliphatic heterocycles. The molecule has 2 amide bonds. The summed E-state index contributed by atoms with van der Waals surface area (Å²) in [7, 11) is 1.64. The maximum atomic E-state index is 13.1. The fourth-order valence-electron chi connectivity index (χ4n) is 4.50. The molecule has 0 spiro atoms. The van der Waals surface area contributed by atoms with Gasteiger partial charge in [0.1, 0.15) is 0 Å². The zero-order chi connectivity index (χ0) is 19.2. The zero-order valence-electron chi connectivity index (χ0n) is 16.6. The number of carbonyl (C=O) groups excluding carboxylic acids is 2. The van der Waals surface area contributed by atoms with Crippen LogP contribution < -0.4 is 0 Å². The molecular formula is C22H32N2O3. The molecule has 0 saturated carbocycles. The first-order chi connectivity index (χ1) is 13.1. The summed E-state index contributed by atoms with van der Waals surface area (Å²) in [5.74, 6) is 0.950. The van der Waals surface area contributed by atoms with E-state index in [0.29, 0.717) is 31.9 Å². The quantitative estimate of drug-likeness (QED) is 0.771. The molecule has 2 fully saturated rings. The van der Waals surface area contributed by atoms with E-state index in [0.717, 1.165) is 32.4 Å². The summed E-state index contributed by atoms with van der Waals surface area (Å²) < 4.78 is 5.12. The Balaban J connectivity index is 1.53. The molecule has 0 aliphatic carbocycles. The standard InChI is InChI=1S/C22H32N2O3/c1-17-20(8-9-21(25)24(17)14-15-27-2)22(26)23-12-10-19(11-13-23)16-18-6-4-3-5-7-18/h3-7,17,19-20H,8-16H2,1-2H3/t17-,20-/m1/s1. The number of rotatable bonds is 6. The van der Waals surface area contributed by atoms with E-state index >= 15 is 0 Å². The van der Waals surface area contributed by atoms with Gasteiger partial charge in [-0.1, -0.05) is 30.3 Å². The molecule has 0 bridgehead atoms. The summed E-state index contributed by atoms with van der Waals surface area (Å²) in [5.41, 5.74) is 1.38. The molecule has 3 rings (SSSR count). The Morgan fingerprint density at radius 3 is 2.52 bits per heavy atom. The Morgan fingerprint density at radius 2 is 1.85 bits per heavy atom. The Kier molecular flexibility index (Phi) is 6.89. The first-order valence-electron chi connectivity index (χ1n) is 10.2. The number of likely N-dealkylation sites (tertiary alicyclic amines) is 2. The van der Waals surface area contributed by atoms with E-state index in [4.69, 9.17) is 4.74 Å². The van der Waals surface area contributed by atoms with Crippen molar-refractivity contribution in [1.82, 2.24) is 9.80 Å². The summed E-state index contributed by atoms with van der Waals surface area (Å²) in [5, 5.41) is 0. The Morgan fingerprint density at radius 1 is 1.15 bits per heavy atom. The minimum atomic E-state index is -0.0785. The lowest BCUT2D eigenvalue weighted by molar-refractivity contribution is -0.148. The van der Waals surface area contributed by atoms with Crippen LogP contribution in [0.1, 0.15) is 38.2 Å². The van der Waals surface area contributed by atoms with Crippen LogP contribution in [0, 0.1) is 11.8 Å². The minimum Gasteiger partial charge on any atom is -0.383 e. The predicted molar refractivity (Wildman–Crippen MR) is 105 cm³/mol. The number of benzene rings is 1. The second-order valence-electron chi connectivity index (χ2n) is 7.92. The third-order valence-electron chi connectivity index (χ3n) is 6.21. The van der Waals surface area contributed by atoms with Crippen LogP contribution in [0.5, 0.6) is 0 Å². The summed E-state index contributed by atoms with van der Waals surface area (Å²) >= 11 is 0. The van der Waals surface area contributed by atoms with Gasteiger partial charge in [0.2, 0.25) is 11.8 Å². The minimum absolute atomic E-state index is 0.0454. The summed E-state index contributed by atoms with van der Waals surface area (Å²) in [6, 6.07) is 10.6. The number of ether oxygens (including phenoxy) is 1. The molecule has 0 aromatic heterocycles. The van der Waals surface area contributed by atoms with Gasteiger partial charge in [-0.25, -0.2) is 0 Å². The molecule has 2 atom stereocenters. The molecule has 2 saturated heterocycles. The van der Waals surface area contributed by atoms with Gasteiger partial charge >= 0.3 is 0 Å². The van der Waals surface area contributed by atoms with Gasteiger partial charge in [0, 0.05) is 39.2 Å². The number of methoxy groups -OCH3 is 1. The third-order valence-corrected chi connectivity index (χ3v) is 6.21. The van der Waals surface area contributed by atoms with E-state index in [1.165, 1.54) is 5.56 Å². The lowest BCUT2D eigenvalue weighted by atomic mass is 9.86. The normalized spacial score (nSPS) is 24.3. The molecular weight excluding hydrogens is 340 g/mol. The Hall–Kier alpha value is -1.88. The molecule has 0 N–H and O–H groups in total. The van der Waals surface area contributed by atoms with Crippen LogP contribution in [-0.4, -0.2) is 61.0 Å². The van der Waals surface area contributed by atoms with Crippen LogP contribution in [0.2, 0.25) is 0 Å². The number of amides is 2. The molecule has 5 nitrogen and oxygen atoms in total. The van der Waals surface area contributed by atoms with Crippen molar-refractivity contribution >= 4 is 11.8 Å². The van der Waals surface area contributed by atoms with Crippen LogP contribution in [0.3, 0.4) is 0 Å². The van der Waals surface area contributed by atoms with Crippen molar-refractivity contribution < 1.29 is 14.3 Å². The highest BCUT2D eigenvalue weighted by Crippen LogP contribution is 2.29. The van der Waals surface area contributed by atoms with Crippen molar-refractivity contribution in [2.24, 2.45) is 11.8 Å². The lowest BCUT2D eigenvalue weighted by Gasteiger charge is -2.41. The van der Waals surface area contributed by atoms with Gasteiger partial charge in [0.25, 0.3) is 0 Å². The maximum absolute atomic E-state index is 13.1. The fraction of sp³-hybridized carbons (Fsp3) is 0.636. The van der Waals surface area contributed by atoms with Gasteiger partial charge in [-0.15, -0.1) is 0 Å². The van der Waals surface area contributed by atoms with E-state index < -0.39 is 0 Å². The number of hydrogen-bond donors (Lipinski definition) is 0. The topological polar surface area (TPSA) is 49.9 Å². The summed E-state index contributed by atoms with van der Waals surface area (Å²) in [6.07, 6.45) is 4.37. The van der Waals surface area contributed by atoms with Crippen LogP contribution in [0.4, 0.5) is 0 Å². The van der Waals surface area contributed by atoms with E-state index in [2.05, 4.69) is 30.3 Å². The smallest absolute Gasteiger partial charge is 0.227 e. The van der Waals surface area contributed by atoms with Crippen LogP contribution in [0.15, 0.2) is 30.3 Å². The number of nitrogens with zero attached hydrogens (tertiary/aromatic N) is 2. The third kappa shape index (κ3) is 4.89. The average molecular weight is 373 g/mol. The van der Waals surface area contributed by atoms with E-state index in [-0.39, 0.29) is 23.8 Å². The Bertz CT molecular complexity index is 626. The van der Waals surface area contributed by atoms with Gasteiger partial charge in [-0.3, -0.25) is 9.59 Å². The van der Waals surface area contributed by atoms with Gasteiger partial charge in [0.15, 0.2) is 0 Å². The molecule has 27 heavy (non-hydrogen) atoms. The first-order valence-corrected chi connectivity index (χ1v) is 10.2. The highest BCUT2D eigenvalue weighted by atomic mass is 16.5. The second kappa shape index (κ2) is 9.36. The molecule has 2 heterocycles. The largest absolute Gasteiger partial charge is 0.383 e. The van der Waals surface area contributed by atoms with Crippen LogP contribution in [0.25, 0.3) is 0 Å². The van der Waals surface area contributed by atoms with Crippen molar-refractivity contribution in [3.63, 3.8) is 0 Å². The van der Waals surface area contributed by atoms with E-state index in [1.807, 2.05) is 16.7 Å². The van der Waals surface area contributed by atoms with Crippen molar-refractivity contribution in [3.8, 4) is 0 Å². The SMILES string of the molecule is COCCN1C(=O)CC[C@@H](C(=O)N2CCC(Cc3ccccc3)CC2)[C@H]1C. The monoisotopic (exact) mass is 372 g/mol. The van der Waals surface area contributed by atoms with Crippen molar-refractivity contribution in [3.05, 3.63) is 35.9 Å². The first kappa shape index (κ1) is 19.9. The lowest BCUT2D eigenvalue weighted by Crippen LogP contribution is -2.54. The zero-order valence-corrected chi connectivity index (χ0v) is 16.6. The van der Waals surface area contributed by atoms with Crippen LogP contribution >= 0.6 is 0 Å². The number of carbonyl (C=O) groups is 2. The van der Waals surface area contributed by atoms with Gasteiger partial charge in [-0.2, -0.15) is 0 Å². The Labute approximate surface area is 162 Å². The average Bonchev–Trinajstić information content (AvgIpc) is 2.69. The fourth-order valence-corrected chi connectivity index (χ4v) is 4.50. The maximum Gasteiger partial charge on any atom is 0.227 e. The molecule has 0 unspecified atom stereocenters. The van der Waals surface area contributed by atoms with Gasteiger partial charge in [0.05, 0.1) is 12.5 Å².